The third-order valence-corrected chi connectivity index (χ3v) is 9.12. The monoisotopic (exact) mass is 674 g/mol. The van der Waals surface area contributed by atoms with E-state index in [4.69, 9.17) is 5.10 Å². The first-order valence-corrected chi connectivity index (χ1v) is 15.1. The van der Waals surface area contributed by atoms with Crippen molar-refractivity contribution in [2.45, 2.75) is 38.5 Å². The van der Waals surface area contributed by atoms with Gasteiger partial charge in [0.25, 0.3) is 11.5 Å². The lowest BCUT2D eigenvalue weighted by Crippen LogP contribution is -2.46. The van der Waals surface area contributed by atoms with Crippen LogP contribution in [0.15, 0.2) is 88.5 Å². The van der Waals surface area contributed by atoms with E-state index >= 15 is 0 Å². The number of carbonyl (C=O) groups excluding carboxylic acids is 1. The van der Waals surface area contributed by atoms with Crippen LogP contribution in [-0.2, 0) is 32.6 Å². The summed E-state index contributed by atoms with van der Waals surface area (Å²) in [6.45, 7) is 1.80. The molecule has 3 aromatic heterocycles. The van der Waals surface area contributed by atoms with Crippen molar-refractivity contribution < 1.29 is 18.0 Å². The SMILES string of the molecule is C[C@@H]1Cc2c(n3ncc(Cc4ccccc4)c3n(-c3ccc4c(c3)ncn4C)c2=O)CN1C(=O)c1ccc(Br)c(C(F)(F)F)c1. The van der Waals surface area contributed by atoms with Crippen LogP contribution in [-0.4, -0.2) is 40.6 Å². The van der Waals surface area contributed by atoms with Crippen LogP contribution in [0.3, 0.4) is 0 Å². The highest BCUT2D eigenvalue weighted by Crippen LogP contribution is 2.36. The predicted molar refractivity (Wildman–Crippen MR) is 166 cm³/mol. The minimum atomic E-state index is -4.63. The zero-order valence-electron chi connectivity index (χ0n) is 24.2. The van der Waals surface area contributed by atoms with E-state index in [9.17, 15) is 22.8 Å². The minimum absolute atomic E-state index is 0.00502. The van der Waals surface area contributed by atoms with Gasteiger partial charge in [-0.1, -0.05) is 46.3 Å². The summed E-state index contributed by atoms with van der Waals surface area (Å²) in [7, 11) is 1.90. The second-order valence-electron chi connectivity index (χ2n) is 11.3. The Morgan fingerprint density at radius 2 is 1.84 bits per heavy atom. The van der Waals surface area contributed by atoms with Crippen molar-refractivity contribution in [3.05, 3.63) is 128 Å². The predicted octanol–water partition coefficient (Wildman–Crippen LogP) is 6.33. The van der Waals surface area contributed by atoms with E-state index in [0.717, 1.165) is 28.2 Å². The first-order chi connectivity index (χ1) is 21.5. The number of aryl methyl sites for hydroxylation is 1. The number of imidazole rings is 1. The number of carbonyl (C=O) groups is 1. The Hall–Kier alpha value is -4.71. The third-order valence-electron chi connectivity index (χ3n) is 8.43. The van der Waals surface area contributed by atoms with Crippen LogP contribution in [0.5, 0.6) is 0 Å². The number of aromatic nitrogens is 5. The van der Waals surface area contributed by atoms with E-state index in [2.05, 4.69) is 20.9 Å². The maximum atomic E-state index is 14.4. The molecule has 0 spiro atoms. The van der Waals surface area contributed by atoms with E-state index in [1.165, 1.54) is 17.0 Å². The molecule has 8 nitrogen and oxygen atoms in total. The maximum Gasteiger partial charge on any atom is 0.417 e. The molecule has 1 aliphatic rings. The summed E-state index contributed by atoms with van der Waals surface area (Å²) in [5.74, 6) is -0.555. The number of hydrogen-bond acceptors (Lipinski definition) is 4. The van der Waals surface area contributed by atoms with E-state index in [-0.39, 0.29) is 28.6 Å². The van der Waals surface area contributed by atoms with Crippen molar-refractivity contribution in [3.8, 4) is 5.69 Å². The molecule has 6 aromatic rings. The molecule has 228 valence electrons. The Morgan fingerprint density at radius 1 is 1.07 bits per heavy atom. The van der Waals surface area contributed by atoms with Crippen molar-refractivity contribution >= 4 is 38.5 Å². The van der Waals surface area contributed by atoms with E-state index < -0.39 is 23.7 Å². The lowest BCUT2D eigenvalue weighted by Gasteiger charge is -2.35. The molecule has 0 saturated carbocycles. The molecule has 0 N–H and O–H groups in total. The van der Waals surface area contributed by atoms with Gasteiger partial charge >= 0.3 is 6.18 Å². The van der Waals surface area contributed by atoms with Crippen molar-refractivity contribution in [2.75, 3.05) is 0 Å². The summed E-state index contributed by atoms with van der Waals surface area (Å²) in [6, 6.07) is 18.5. The first-order valence-electron chi connectivity index (χ1n) is 14.3. The van der Waals surface area contributed by atoms with E-state index in [1.54, 1.807) is 28.5 Å². The number of amides is 1. The van der Waals surface area contributed by atoms with Crippen LogP contribution in [0, 0.1) is 0 Å². The average Bonchev–Trinajstić information content (AvgIpc) is 3.60. The fraction of sp³-hybridized carbons (Fsp3) is 0.212. The number of alkyl halides is 3. The summed E-state index contributed by atoms with van der Waals surface area (Å²) in [6.07, 6.45) is -0.470. The molecule has 0 bridgehead atoms. The fourth-order valence-electron chi connectivity index (χ4n) is 6.14. The lowest BCUT2D eigenvalue weighted by molar-refractivity contribution is -0.138. The second-order valence-corrected chi connectivity index (χ2v) is 12.2. The van der Waals surface area contributed by atoms with Crippen molar-refractivity contribution in [2.24, 2.45) is 7.05 Å². The van der Waals surface area contributed by atoms with Gasteiger partial charge in [-0.2, -0.15) is 18.3 Å². The van der Waals surface area contributed by atoms with Crippen molar-refractivity contribution in [1.29, 1.82) is 0 Å². The number of rotatable bonds is 4. The van der Waals surface area contributed by atoms with Gasteiger partial charge in [0.1, 0.15) is 5.65 Å². The summed E-state index contributed by atoms with van der Waals surface area (Å²) in [5, 5.41) is 4.72. The molecule has 12 heteroatoms. The Kier molecular flexibility index (Phi) is 6.92. The largest absolute Gasteiger partial charge is 0.417 e. The molecule has 1 atom stereocenters. The molecule has 0 saturated heterocycles. The van der Waals surface area contributed by atoms with Crippen molar-refractivity contribution in [1.82, 2.24) is 28.6 Å². The molecule has 0 radical (unpaired) electrons. The lowest BCUT2D eigenvalue weighted by atomic mass is 9.97. The number of nitrogens with zero attached hydrogens (tertiary/aromatic N) is 6. The van der Waals surface area contributed by atoms with Gasteiger partial charge in [0.05, 0.1) is 47.0 Å². The van der Waals surface area contributed by atoms with Gasteiger partial charge in [-0.25, -0.2) is 9.50 Å². The second kappa shape index (κ2) is 10.7. The molecule has 1 aliphatic heterocycles. The normalized spacial score (nSPS) is 15.2. The van der Waals surface area contributed by atoms with E-state index in [0.29, 0.717) is 29.0 Å². The number of benzene rings is 3. The maximum absolute atomic E-state index is 14.4. The van der Waals surface area contributed by atoms with Crippen molar-refractivity contribution in [3.63, 3.8) is 0 Å². The minimum Gasteiger partial charge on any atom is -0.334 e. The zero-order valence-corrected chi connectivity index (χ0v) is 25.8. The summed E-state index contributed by atoms with van der Waals surface area (Å²) < 4.78 is 46.0. The molecule has 3 aromatic carbocycles. The summed E-state index contributed by atoms with van der Waals surface area (Å²) in [5.41, 5.74) is 4.48. The van der Waals surface area contributed by atoms with Crippen LogP contribution in [0.2, 0.25) is 0 Å². The Labute approximate surface area is 263 Å². The third kappa shape index (κ3) is 4.93. The van der Waals surface area contributed by atoms with Gasteiger partial charge in [-0.15, -0.1) is 0 Å². The number of halogens is 4. The summed E-state index contributed by atoms with van der Waals surface area (Å²) in [4.78, 5) is 34.1. The van der Waals surface area contributed by atoms with Gasteiger partial charge in [0.15, 0.2) is 0 Å². The molecule has 7 rings (SSSR count). The van der Waals surface area contributed by atoms with Crippen LogP contribution in [0.1, 0.15) is 45.2 Å². The first kappa shape index (κ1) is 29.0. The average molecular weight is 676 g/mol. The molecular formula is C33H26BrF3N6O2. The fourth-order valence-corrected chi connectivity index (χ4v) is 6.61. The van der Waals surface area contributed by atoms with Gasteiger partial charge in [0, 0.05) is 40.7 Å². The topological polar surface area (TPSA) is 77.4 Å². The van der Waals surface area contributed by atoms with Crippen LogP contribution < -0.4 is 5.56 Å². The number of hydrogen-bond donors (Lipinski definition) is 0. The Bertz CT molecular complexity index is 2180. The van der Waals surface area contributed by atoms with Crippen LogP contribution >= 0.6 is 15.9 Å². The number of fused-ring (bicyclic) bond motifs is 4. The van der Waals surface area contributed by atoms with Gasteiger partial charge < -0.3 is 9.47 Å². The zero-order chi connectivity index (χ0) is 31.6. The van der Waals surface area contributed by atoms with Gasteiger partial charge in [-0.05, 0) is 55.3 Å². The van der Waals surface area contributed by atoms with Gasteiger partial charge in [0.2, 0.25) is 0 Å². The highest BCUT2D eigenvalue weighted by Gasteiger charge is 2.36. The summed E-state index contributed by atoms with van der Waals surface area (Å²) >= 11 is 2.95. The highest BCUT2D eigenvalue weighted by atomic mass is 79.9. The molecule has 0 unspecified atom stereocenters. The Morgan fingerprint density at radius 3 is 2.60 bits per heavy atom. The van der Waals surface area contributed by atoms with Crippen LogP contribution in [0.25, 0.3) is 22.4 Å². The molecule has 0 fully saturated rings. The highest BCUT2D eigenvalue weighted by molar-refractivity contribution is 9.10. The smallest absolute Gasteiger partial charge is 0.334 e. The molecule has 1 amide bonds. The molecule has 45 heavy (non-hydrogen) atoms. The molecular weight excluding hydrogens is 649 g/mol. The Balaban J connectivity index is 1.39. The molecule has 4 heterocycles. The van der Waals surface area contributed by atoms with E-state index in [1.807, 2.05) is 60.1 Å². The quantitative estimate of drug-likeness (QED) is 0.219. The molecule has 0 aliphatic carbocycles. The standard InChI is InChI=1S/C33H26BrF3N6O2/c1-19-12-24-29(17-41(19)31(44)21-8-10-26(34)25(14-21)33(35,36)37)43-30(22(16-39-43)13-20-6-4-3-5-7-20)42(32(24)45)23-9-11-28-27(15-23)38-18-40(28)2/h3-11,14-16,18-19H,12-13,17H2,1-2H3/t19-/m1/s1. The van der Waals surface area contributed by atoms with Crippen LogP contribution in [0.4, 0.5) is 13.2 Å². The van der Waals surface area contributed by atoms with Gasteiger partial charge in [-0.3, -0.25) is 14.2 Å².